The molecule has 188 valence electrons. The van der Waals surface area contributed by atoms with Gasteiger partial charge in [0.05, 0.1) is 0 Å². The fraction of sp³-hybridized carbons (Fsp3) is 0.0526. The van der Waals surface area contributed by atoms with Crippen LogP contribution >= 0.6 is 0 Å². The molecule has 4 aromatic carbocycles. The Balaban J connectivity index is 1.74. The molecule has 0 N–H and O–H groups in total. The lowest BCUT2D eigenvalue weighted by Gasteiger charge is -2.22. The highest BCUT2D eigenvalue weighted by Crippen LogP contribution is 2.46. The standard InChI is InChI=1S/C38H30O/c1-5-28-31(8-4)38-27(24-35(39-38)25-17-11-9-12-18-25)23-34(28)37-30(7-3)29(6-2)36(26-19-13-10-14-20-26)32-21-15-16-22-33(32)37/h5-8,10-11,13-24H,1-4,9,12H2. The first-order chi connectivity index (χ1) is 19.2. The van der Waals surface area contributed by atoms with E-state index in [0.717, 1.165) is 85.0 Å². The molecule has 0 saturated carbocycles. The van der Waals surface area contributed by atoms with Gasteiger partial charge in [0, 0.05) is 16.5 Å². The van der Waals surface area contributed by atoms with E-state index in [9.17, 15) is 0 Å². The molecule has 0 unspecified atom stereocenters. The summed E-state index contributed by atoms with van der Waals surface area (Å²) in [5.41, 5.74) is 10.5. The number of hydrogen-bond acceptors (Lipinski definition) is 1. The zero-order chi connectivity index (χ0) is 26.9. The lowest BCUT2D eigenvalue weighted by atomic mass is 9.81. The topological polar surface area (TPSA) is 13.1 Å². The van der Waals surface area contributed by atoms with Gasteiger partial charge in [0.25, 0.3) is 0 Å². The van der Waals surface area contributed by atoms with Crippen LogP contribution in [0.25, 0.3) is 73.9 Å². The first kappa shape index (κ1) is 24.5. The van der Waals surface area contributed by atoms with E-state index in [1.54, 1.807) is 0 Å². The van der Waals surface area contributed by atoms with Crippen LogP contribution in [0.2, 0.25) is 0 Å². The molecule has 0 saturated heterocycles. The van der Waals surface area contributed by atoms with Crippen molar-refractivity contribution in [2.75, 3.05) is 0 Å². The fourth-order valence-corrected chi connectivity index (χ4v) is 5.90. The summed E-state index contributed by atoms with van der Waals surface area (Å²) in [4.78, 5) is 0. The molecule has 0 bridgehead atoms. The monoisotopic (exact) mass is 502 g/mol. The van der Waals surface area contributed by atoms with E-state index < -0.39 is 0 Å². The molecule has 0 atom stereocenters. The lowest BCUT2D eigenvalue weighted by Crippen LogP contribution is -1.98. The van der Waals surface area contributed by atoms with Gasteiger partial charge >= 0.3 is 0 Å². The summed E-state index contributed by atoms with van der Waals surface area (Å²) in [6.45, 7) is 16.9. The maximum atomic E-state index is 6.45. The smallest absolute Gasteiger partial charge is 0.142 e. The molecule has 0 aliphatic heterocycles. The van der Waals surface area contributed by atoms with Crippen molar-refractivity contribution >= 4 is 51.6 Å². The summed E-state index contributed by atoms with van der Waals surface area (Å²) in [6, 6.07) is 23.4. The Labute approximate surface area is 230 Å². The van der Waals surface area contributed by atoms with E-state index in [0.29, 0.717) is 0 Å². The van der Waals surface area contributed by atoms with Gasteiger partial charge in [-0.05, 0) is 74.7 Å². The Bertz CT molecular complexity index is 1850. The van der Waals surface area contributed by atoms with E-state index >= 15 is 0 Å². The average molecular weight is 503 g/mol. The minimum absolute atomic E-state index is 0.827. The third kappa shape index (κ3) is 3.95. The Morgan fingerprint density at radius 3 is 1.92 bits per heavy atom. The van der Waals surface area contributed by atoms with Crippen LogP contribution in [0.1, 0.15) is 40.9 Å². The molecular formula is C38H30O. The van der Waals surface area contributed by atoms with Gasteiger partial charge < -0.3 is 4.42 Å². The Morgan fingerprint density at radius 1 is 0.641 bits per heavy atom. The van der Waals surface area contributed by atoms with Gasteiger partial charge in [0.2, 0.25) is 0 Å². The van der Waals surface area contributed by atoms with Crippen molar-refractivity contribution in [3.8, 4) is 22.3 Å². The third-order valence-electron chi connectivity index (χ3n) is 7.61. The average Bonchev–Trinajstić information content (AvgIpc) is 3.43. The van der Waals surface area contributed by atoms with Crippen LogP contribution in [0.3, 0.4) is 0 Å². The van der Waals surface area contributed by atoms with Gasteiger partial charge in [-0.3, -0.25) is 0 Å². The number of rotatable bonds is 7. The van der Waals surface area contributed by atoms with Crippen molar-refractivity contribution in [1.29, 1.82) is 0 Å². The molecule has 0 spiro atoms. The third-order valence-corrected chi connectivity index (χ3v) is 7.61. The van der Waals surface area contributed by atoms with E-state index in [2.05, 4.69) is 105 Å². The molecule has 0 radical (unpaired) electrons. The molecule has 0 amide bonds. The van der Waals surface area contributed by atoms with Crippen molar-refractivity contribution in [2.45, 2.75) is 12.8 Å². The molecular weight excluding hydrogens is 472 g/mol. The van der Waals surface area contributed by atoms with Crippen LogP contribution in [-0.2, 0) is 0 Å². The highest BCUT2D eigenvalue weighted by atomic mass is 16.3. The molecule has 5 aromatic rings. The van der Waals surface area contributed by atoms with E-state index in [1.807, 2.05) is 30.4 Å². The summed E-state index contributed by atoms with van der Waals surface area (Å²) < 4.78 is 6.45. The molecule has 6 rings (SSSR count). The normalized spacial score (nSPS) is 12.9. The zero-order valence-electron chi connectivity index (χ0n) is 22.0. The molecule has 1 aromatic heterocycles. The Kier molecular flexibility index (Phi) is 6.34. The van der Waals surface area contributed by atoms with Gasteiger partial charge in [-0.2, -0.15) is 0 Å². The van der Waals surface area contributed by atoms with Gasteiger partial charge in [-0.15, -0.1) is 0 Å². The molecule has 0 fully saturated rings. The minimum Gasteiger partial charge on any atom is -0.455 e. The van der Waals surface area contributed by atoms with Crippen LogP contribution in [0.15, 0.2) is 116 Å². The van der Waals surface area contributed by atoms with Crippen LogP contribution in [0, 0.1) is 0 Å². The van der Waals surface area contributed by atoms with Crippen molar-refractivity contribution in [1.82, 2.24) is 0 Å². The van der Waals surface area contributed by atoms with E-state index in [4.69, 9.17) is 4.42 Å². The molecule has 1 nitrogen and oxygen atoms in total. The summed E-state index contributed by atoms with van der Waals surface area (Å²) in [7, 11) is 0. The van der Waals surface area contributed by atoms with Gasteiger partial charge in [-0.1, -0.05) is 123 Å². The van der Waals surface area contributed by atoms with Crippen LogP contribution in [0.5, 0.6) is 0 Å². The summed E-state index contributed by atoms with van der Waals surface area (Å²) >= 11 is 0. The zero-order valence-corrected chi connectivity index (χ0v) is 22.0. The van der Waals surface area contributed by atoms with Crippen molar-refractivity contribution in [3.05, 3.63) is 139 Å². The first-order valence-electron chi connectivity index (χ1n) is 13.3. The fourth-order valence-electron chi connectivity index (χ4n) is 5.90. The van der Waals surface area contributed by atoms with Crippen molar-refractivity contribution < 1.29 is 4.42 Å². The highest BCUT2D eigenvalue weighted by Gasteiger charge is 2.23. The second-order valence-corrected chi connectivity index (χ2v) is 9.73. The number of allylic oxidation sites excluding steroid dienone is 4. The number of benzene rings is 4. The highest BCUT2D eigenvalue weighted by molar-refractivity contribution is 6.14. The SMILES string of the molecule is C=Cc1c(C=C)c(-c2cc3cc(C4=CCCC=C4)oc3c(C=C)c2C=C)c2ccccc2c1-c1ccccc1. The minimum atomic E-state index is 0.827. The summed E-state index contributed by atoms with van der Waals surface area (Å²) in [5.74, 6) is 0.872. The molecule has 1 heterocycles. The largest absolute Gasteiger partial charge is 0.455 e. The second kappa shape index (κ2) is 10.1. The van der Waals surface area contributed by atoms with E-state index in [1.165, 1.54) is 5.39 Å². The van der Waals surface area contributed by atoms with Gasteiger partial charge in [-0.25, -0.2) is 0 Å². The number of furan rings is 1. The first-order valence-corrected chi connectivity index (χ1v) is 13.3. The second-order valence-electron chi connectivity index (χ2n) is 9.73. The predicted molar refractivity (Wildman–Crippen MR) is 171 cm³/mol. The molecule has 1 aliphatic rings. The molecule has 39 heavy (non-hydrogen) atoms. The van der Waals surface area contributed by atoms with Crippen molar-refractivity contribution in [2.24, 2.45) is 0 Å². The molecule has 1 heteroatoms. The Hall–Kier alpha value is -4.88. The van der Waals surface area contributed by atoms with Crippen LogP contribution < -0.4 is 0 Å². The van der Waals surface area contributed by atoms with E-state index in [-0.39, 0.29) is 0 Å². The van der Waals surface area contributed by atoms with Crippen LogP contribution in [-0.4, -0.2) is 0 Å². The van der Waals surface area contributed by atoms with Crippen molar-refractivity contribution in [3.63, 3.8) is 0 Å². The van der Waals surface area contributed by atoms with Crippen LogP contribution in [0.4, 0.5) is 0 Å². The maximum absolute atomic E-state index is 6.45. The van der Waals surface area contributed by atoms with Gasteiger partial charge in [0.15, 0.2) is 0 Å². The lowest BCUT2D eigenvalue weighted by molar-refractivity contribution is 0.599. The number of fused-ring (bicyclic) bond motifs is 2. The van der Waals surface area contributed by atoms with Gasteiger partial charge in [0.1, 0.15) is 11.3 Å². The molecule has 1 aliphatic carbocycles. The maximum Gasteiger partial charge on any atom is 0.142 e. The Morgan fingerprint density at radius 2 is 1.28 bits per heavy atom. The number of hydrogen-bond donors (Lipinski definition) is 0. The summed E-state index contributed by atoms with van der Waals surface area (Å²) in [6.07, 6.45) is 16.4. The predicted octanol–water partition coefficient (Wildman–Crippen LogP) is 11.2. The summed E-state index contributed by atoms with van der Waals surface area (Å²) in [5, 5.41) is 3.35. The quantitative estimate of drug-likeness (QED) is 0.216.